The number of carbonyl (C=O) groups is 2. The zero-order chi connectivity index (χ0) is 27.7. The molecule has 1 aromatic carbocycles. The number of likely N-dealkylation sites (tertiary alicyclic amines) is 1. The lowest BCUT2D eigenvalue weighted by molar-refractivity contribution is -0.137. The van der Waals surface area contributed by atoms with Gasteiger partial charge in [0.15, 0.2) is 0 Å². The van der Waals surface area contributed by atoms with Crippen LogP contribution in [0.3, 0.4) is 0 Å². The lowest BCUT2D eigenvalue weighted by atomic mass is 10.1. The Morgan fingerprint density at radius 1 is 1.15 bits per heavy atom. The number of halogens is 2. The SMILES string of the molecule is Cc1ncc(-c2ccc3c(c2)c(N[SH](=O)=O)cn3CC(=O)N2C[C@H](F)C[C@H]2C(=O)Nc2cccc(Br)n2)cn1. The first-order valence-corrected chi connectivity index (χ1v) is 13.8. The molecule has 1 fully saturated rings. The van der Waals surface area contributed by atoms with Crippen molar-refractivity contribution in [2.45, 2.75) is 32.1 Å². The van der Waals surface area contributed by atoms with Gasteiger partial charge in [-0.15, -0.1) is 0 Å². The first-order valence-electron chi connectivity index (χ1n) is 11.9. The Bertz CT molecular complexity index is 1640. The zero-order valence-corrected chi connectivity index (χ0v) is 23.0. The average molecular weight is 616 g/mol. The van der Waals surface area contributed by atoms with E-state index in [0.717, 1.165) is 11.1 Å². The number of amides is 2. The summed E-state index contributed by atoms with van der Waals surface area (Å²) in [4.78, 5) is 40.1. The lowest BCUT2D eigenvalue weighted by Gasteiger charge is -2.24. The monoisotopic (exact) mass is 615 g/mol. The largest absolute Gasteiger partial charge is 0.336 e. The van der Waals surface area contributed by atoms with Crippen LogP contribution in [-0.4, -0.2) is 63.4 Å². The highest BCUT2D eigenvalue weighted by molar-refractivity contribution is 9.10. The van der Waals surface area contributed by atoms with Gasteiger partial charge < -0.3 is 14.8 Å². The van der Waals surface area contributed by atoms with Gasteiger partial charge >= 0.3 is 0 Å². The fourth-order valence-corrected chi connectivity index (χ4v) is 5.29. The zero-order valence-electron chi connectivity index (χ0n) is 20.5. The minimum atomic E-state index is -2.98. The first-order chi connectivity index (χ1) is 18.7. The van der Waals surface area contributed by atoms with Gasteiger partial charge in [-0.05, 0) is 52.7 Å². The smallest absolute Gasteiger partial charge is 0.248 e. The number of anilines is 2. The van der Waals surface area contributed by atoms with Gasteiger partial charge in [0.25, 0.3) is 0 Å². The molecule has 0 unspecified atom stereocenters. The Morgan fingerprint density at radius 2 is 1.92 bits per heavy atom. The molecule has 2 amide bonds. The number of carbonyl (C=O) groups excluding carboxylic acids is 2. The molecule has 1 aliphatic heterocycles. The van der Waals surface area contributed by atoms with Gasteiger partial charge in [0.1, 0.15) is 35.0 Å². The molecule has 39 heavy (non-hydrogen) atoms. The van der Waals surface area contributed by atoms with E-state index in [1.54, 1.807) is 54.2 Å². The van der Waals surface area contributed by atoms with Crippen molar-refractivity contribution in [3.63, 3.8) is 0 Å². The van der Waals surface area contributed by atoms with Crippen LogP contribution >= 0.6 is 15.9 Å². The summed E-state index contributed by atoms with van der Waals surface area (Å²) >= 11 is 3.24. The molecule has 2 atom stereocenters. The Labute approximate surface area is 232 Å². The maximum atomic E-state index is 14.4. The quantitative estimate of drug-likeness (QED) is 0.214. The molecule has 5 rings (SSSR count). The minimum Gasteiger partial charge on any atom is -0.336 e. The third-order valence-electron chi connectivity index (χ3n) is 6.35. The van der Waals surface area contributed by atoms with Gasteiger partial charge in [-0.2, -0.15) is 0 Å². The second-order valence-corrected chi connectivity index (χ2v) is 10.6. The molecule has 11 nitrogen and oxygen atoms in total. The number of aromatic nitrogens is 4. The predicted octanol–water partition coefficient (Wildman–Crippen LogP) is 3.08. The number of aryl methyl sites for hydroxylation is 1. The number of rotatable bonds is 7. The lowest BCUT2D eigenvalue weighted by Crippen LogP contribution is -2.44. The molecular formula is C25H23BrFN7O4S. The first kappa shape index (κ1) is 26.7. The number of thiol groups is 1. The molecule has 14 heteroatoms. The van der Waals surface area contributed by atoms with Crippen LogP contribution in [0.1, 0.15) is 12.2 Å². The van der Waals surface area contributed by atoms with Crippen LogP contribution in [0.4, 0.5) is 15.9 Å². The molecule has 2 N–H and O–H groups in total. The Balaban J connectivity index is 1.42. The normalized spacial score (nSPS) is 17.1. The van der Waals surface area contributed by atoms with Crippen molar-refractivity contribution in [2.75, 3.05) is 16.6 Å². The fraction of sp³-hybridized carbons (Fsp3) is 0.240. The minimum absolute atomic E-state index is 0.135. The van der Waals surface area contributed by atoms with Crippen LogP contribution in [-0.2, 0) is 27.0 Å². The number of nitrogens with one attached hydrogen (secondary N) is 2. The van der Waals surface area contributed by atoms with E-state index in [-0.39, 0.29) is 31.0 Å². The summed E-state index contributed by atoms with van der Waals surface area (Å²) in [6.45, 7) is 1.32. The van der Waals surface area contributed by atoms with Crippen LogP contribution in [0.15, 0.2) is 59.6 Å². The topological polar surface area (TPSA) is 139 Å². The number of benzene rings is 1. The van der Waals surface area contributed by atoms with Crippen molar-refractivity contribution in [3.05, 3.63) is 65.4 Å². The summed E-state index contributed by atoms with van der Waals surface area (Å²) in [7, 11) is -2.98. The van der Waals surface area contributed by atoms with Gasteiger partial charge in [-0.3, -0.25) is 14.3 Å². The molecular weight excluding hydrogens is 593 g/mol. The van der Waals surface area contributed by atoms with E-state index in [2.05, 4.69) is 40.9 Å². The van der Waals surface area contributed by atoms with E-state index in [1.165, 1.54) is 11.1 Å². The molecule has 4 heterocycles. The third-order valence-corrected chi connectivity index (χ3v) is 7.22. The van der Waals surface area contributed by atoms with Crippen molar-refractivity contribution in [1.29, 1.82) is 0 Å². The maximum Gasteiger partial charge on any atom is 0.248 e. The summed E-state index contributed by atoms with van der Waals surface area (Å²) < 4.78 is 41.9. The van der Waals surface area contributed by atoms with Crippen molar-refractivity contribution in [3.8, 4) is 11.1 Å². The van der Waals surface area contributed by atoms with Crippen molar-refractivity contribution < 1.29 is 22.4 Å². The average Bonchev–Trinajstić information content (AvgIpc) is 3.44. The molecule has 202 valence electrons. The number of pyridine rings is 1. The molecule has 4 aromatic rings. The van der Waals surface area contributed by atoms with E-state index in [1.807, 2.05) is 6.07 Å². The Kier molecular flexibility index (Phi) is 7.57. The molecule has 0 saturated carbocycles. The summed E-state index contributed by atoms with van der Waals surface area (Å²) in [6, 6.07) is 9.31. The number of hydrogen-bond donors (Lipinski definition) is 3. The van der Waals surface area contributed by atoms with E-state index in [4.69, 9.17) is 0 Å². The highest BCUT2D eigenvalue weighted by Gasteiger charge is 2.40. The Hall–Kier alpha value is -3.91. The van der Waals surface area contributed by atoms with Crippen molar-refractivity contribution in [1.82, 2.24) is 24.4 Å². The molecule has 3 aromatic heterocycles. The molecule has 0 spiro atoms. The van der Waals surface area contributed by atoms with Crippen LogP contribution in [0, 0.1) is 6.92 Å². The molecule has 0 radical (unpaired) electrons. The van der Waals surface area contributed by atoms with Crippen LogP contribution in [0.5, 0.6) is 0 Å². The number of hydrogen-bond acceptors (Lipinski definition) is 7. The number of nitrogens with zero attached hydrogens (tertiary/aromatic N) is 5. The van der Waals surface area contributed by atoms with Crippen LogP contribution in [0.2, 0.25) is 0 Å². The summed E-state index contributed by atoms with van der Waals surface area (Å²) in [5.74, 6) is -0.129. The van der Waals surface area contributed by atoms with E-state index < -0.39 is 34.9 Å². The second kappa shape index (κ2) is 11.1. The molecule has 0 bridgehead atoms. The van der Waals surface area contributed by atoms with Gasteiger partial charge in [-0.1, -0.05) is 12.1 Å². The fourth-order valence-electron chi connectivity index (χ4n) is 4.57. The highest BCUT2D eigenvalue weighted by atomic mass is 79.9. The van der Waals surface area contributed by atoms with Gasteiger partial charge in [0.05, 0.1) is 17.7 Å². The summed E-state index contributed by atoms with van der Waals surface area (Å²) in [5, 5.41) is 3.20. The van der Waals surface area contributed by atoms with E-state index in [0.29, 0.717) is 21.3 Å². The van der Waals surface area contributed by atoms with E-state index >= 15 is 0 Å². The van der Waals surface area contributed by atoms with E-state index in [9.17, 15) is 22.4 Å². The third kappa shape index (κ3) is 5.91. The van der Waals surface area contributed by atoms with Crippen molar-refractivity contribution >= 4 is 61.0 Å². The number of fused-ring (bicyclic) bond motifs is 1. The van der Waals surface area contributed by atoms with Crippen molar-refractivity contribution in [2.24, 2.45) is 0 Å². The summed E-state index contributed by atoms with van der Waals surface area (Å²) in [6.07, 6.45) is 3.35. The van der Waals surface area contributed by atoms with Gasteiger partial charge in [0.2, 0.25) is 22.7 Å². The second-order valence-electron chi connectivity index (χ2n) is 9.02. The maximum absolute atomic E-state index is 14.4. The predicted molar refractivity (Wildman–Crippen MR) is 147 cm³/mol. The molecule has 1 saturated heterocycles. The molecule has 0 aliphatic carbocycles. The van der Waals surface area contributed by atoms with Crippen LogP contribution < -0.4 is 10.0 Å². The number of alkyl halides is 1. The van der Waals surface area contributed by atoms with Crippen LogP contribution in [0.25, 0.3) is 22.0 Å². The van der Waals surface area contributed by atoms with Gasteiger partial charge in [0, 0.05) is 36.0 Å². The van der Waals surface area contributed by atoms with Gasteiger partial charge in [-0.25, -0.2) is 27.8 Å². The summed E-state index contributed by atoms with van der Waals surface area (Å²) in [5.41, 5.74) is 2.36. The standard InChI is InChI=1S/C25H23BrFN7O4S/c1-14-28-9-16(10-29-14)15-5-6-20-18(7-15)19(32-39(37)38)12-33(20)13-24(35)34-11-17(27)8-21(34)25(36)31-23-4-2-3-22(26)30-23/h2-7,9-10,12,17,21,39H,8,11,13H2,1H3,(H,30,31,36)(H,32,37,38)/t17-,21+/m1/s1. The Morgan fingerprint density at radius 3 is 2.64 bits per heavy atom. The molecule has 1 aliphatic rings. The highest BCUT2D eigenvalue weighted by Crippen LogP contribution is 2.31.